The molecule has 2 aromatic carbocycles. The Balaban J connectivity index is 1.76. The number of aromatic nitrogens is 2. The van der Waals surface area contributed by atoms with Gasteiger partial charge < -0.3 is 0 Å². The van der Waals surface area contributed by atoms with Crippen LogP contribution in [0.15, 0.2) is 60.7 Å². The zero-order valence-electron chi connectivity index (χ0n) is 15.6. The van der Waals surface area contributed by atoms with E-state index in [4.69, 9.17) is 34.8 Å². The summed E-state index contributed by atoms with van der Waals surface area (Å²) in [5, 5.41) is 5.50. The molecule has 0 spiro atoms. The number of hydrazine groups is 1. The highest BCUT2D eigenvalue weighted by molar-refractivity contribution is 7.19. The van der Waals surface area contributed by atoms with Gasteiger partial charge in [0.1, 0.15) is 0 Å². The molecule has 4 aromatic rings. The van der Waals surface area contributed by atoms with Crippen molar-refractivity contribution in [3.8, 4) is 16.3 Å². The van der Waals surface area contributed by atoms with Gasteiger partial charge in [0.15, 0.2) is 5.69 Å². The van der Waals surface area contributed by atoms with Crippen LogP contribution >= 0.6 is 46.1 Å². The van der Waals surface area contributed by atoms with E-state index in [1.54, 1.807) is 28.9 Å². The first-order valence-corrected chi connectivity index (χ1v) is 10.8. The quantitative estimate of drug-likeness (QED) is 0.317. The van der Waals surface area contributed by atoms with Gasteiger partial charge in [-0.05, 0) is 49.4 Å². The molecule has 9 heteroatoms. The van der Waals surface area contributed by atoms with Gasteiger partial charge in [-0.2, -0.15) is 5.10 Å². The molecule has 30 heavy (non-hydrogen) atoms. The van der Waals surface area contributed by atoms with E-state index in [2.05, 4.69) is 16.0 Å². The van der Waals surface area contributed by atoms with Crippen molar-refractivity contribution in [2.75, 3.05) is 5.43 Å². The summed E-state index contributed by atoms with van der Waals surface area (Å²) in [5.74, 6) is -0.371. The van der Waals surface area contributed by atoms with E-state index in [1.165, 1.54) is 11.3 Å². The van der Waals surface area contributed by atoms with Crippen LogP contribution in [0.4, 0.5) is 5.69 Å². The highest BCUT2D eigenvalue weighted by Gasteiger charge is 2.24. The molecule has 0 aliphatic rings. The van der Waals surface area contributed by atoms with Crippen molar-refractivity contribution in [1.82, 2.24) is 15.2 Å². The highest BCUT2D eigenvalue weighted by Crippen LogP contribution is 2.37. The fourth-order valence-corrected chi connectivity index (χ4v) is 4.60. The van der Waals surface area contributed by atoms with Crippen LogP contribution in [0.2, 0.25) is 14.4 Å². The lowest BCUT2D eigenvalue weighted by Gasteiger charge is -2.09. The molecule has 5 nitrogen and oxygen atoms in total. The van der Waals surface area contributed by atoms with Crippen LogP contribution in [0.5, 0.6) is 0 Å². The molecular formula is C21H15Cl3N4OS. The third kappa shape index (κ3) is 4.18. The number of halogens is 3. The molecule has 0 atom stereocenters. The number of para-hydroxylation sites is 1. The average molecular weight is 478 g/mol. The van der Waals surface area contributed by atoms with Crippen LogP contribution in [0, 0.1) is 6.92 Å². The molecule has 152 valence electrons. The predicted octanol–water partition coefficient (Wildman–Crippen LogP) is 6.63. The van der Waals surface area contributed by atoms with Gasteiger partial charge in [-0.15, -0.1) is 11.3 Å². The van der Waals surface area contributed by atoms with Gasteiger partial charge in [0.2, 0.25) is 0 Å². The first kappa shape index (κ1) is 20.8. The second-order valence-corrected chi connectivity index (χ2v) is 8.94. The molecular weight excluding hydrogens is 463 g/mol. The van der Waals surface area contributed by atoms with Gasteiger partial charge in [0.25, 0.3) is 5.91 Å². The van der Waals surface area contributed by atoms with Gasteiger partial charge >= 0.3 is 0 Å². The van der Waals surface area contributed by atoms with Crippen molar-refractivity contribution in [3.05, 3.63) is 86.3 Å². The lowest BCUT2D eigenvalue weighted by atomic mass is 10.1. The van der Waals surface area contributed by atoms with Crippen LogP contribution in [-0.4, -0.2) is 15.7 Å². The second kappa shape index (κ2) is 8.70. The summed E-state index contributed by atoms with van der Waals surface area (Å²) in [4.78, 5) is 13.8. The average Bonchev–Trinajstić information content (AvgIpc) is 3.30. The Morgan fingerprint density at radius 3 is 2.47 bits per heavy atom. The molecule has 0 aliphatic heterocycles. The van der Waals surface area contributed by atoms with Crippen molar-refractivity contribution < 1.29 is 4.79 Å². The summed E-state index contributed by atoms with van der Waals surface area (Å²) in [7, 11) is 0. The van der Waals surface area contributed by atoms with Gasteiger partial charge in [0.05, 0.1) is 31.3 Å². The van der Waals surface area contributed by atoms with E-state index >= 15 is 0 Å². The molecule has 0 saturated carbocycles. The lowest BCUT2D eigenvalue weighted by Crippen LogP contribution is -2.30. The third-order valence-electron chi connectivity index (χ3n) is 4.38. The third-order valence-corrected chi connectivity index (χ3v) is 6.15. The van der Waals surface area contributed by atoms with Crippen molar-refractivity contribution in [3.63, 3.8) is 0 Å². The summed E-state index contributed by atoms with van der Waals surface area (Å²) in [6.45, 7) is 1.84. The van der Waals surface area contributed by atoms with E-state index in [9.17, 15) is 4.79 Å². The summed E-state index contributed by atoms with van der Waals surface area (Å²) in [5.41, 5.74) is 8.65. The Morgan fingerprint density at radius 1 is 1.03 bits per heavy atom. The number of carbonyl (C=O) groups excluding carboxylic acids is 1. The smallest absolute Gasteiger partial charge is 0.290 e. The maximum atomic E-state index is 12.9. The van der Waals surface area contributed by atoms with Gasteiger partial charge in [0, 0.05) is 10.6 Å². The van der Waals surface area contributed by atoms with E-state index < -0.39 is 0 Å². The normalized spacial score (nSPS) is 10.8. The summed E-state index contributed by atoms with van der Waals surface area (Å²) in [6.07, 6.45) is 0. The summed E-state index contributed by atoms with van der Waals surface area (Å²) >= 11 is 20.0. The molecule has 0 saturated heterocycles. The van der Waals surface area contributed by atoms with Crippen LogP contribution in [0.3, 0.4) is 0 Å². The minimum absolute atomic E-state index is 0.268. The molecule has 4 rings (SSSR count). The van der Waals surface area contributed by atoms with Crippen molar-refractivity contribution in [2.24, 2.45) is 0 Å². The fraction of sp³-hybridized carbons (Fsp3) is 0.0476. The first-order chi connectivity index (χ1) is 14.4. The summed E-state index contributed by atoms with van der Waals surface area (Å²) < 4.78 is 2.28. The number of benzene rings is 2. The number of nitrogens with zero attached hydrogens (tertiary/aromatic N) is 2. The standard InChI is InChI=1S/C21H15Cl3N4OS/c1-12-19(21(29)26-25-14-5-3-2-4-6-14)27-28(16-8-7-13(22)11-15(16)23)20(12)17-9-10-18(24)30-17/h2-11,25H,1H3,(H,26,29). The second-order valence-electron chi connectivity index (χ2n) is 6.38. The Morgan fingerprint density at radius 2 is 1.80 bits per heavy atom. The molecule has 0 unspecified atom stereocenters. The first-order valence-electron chi connectivity index (χ1n) is 8.86. The molecule has 0 fully saturated rings. The van der Waals surface area contributed by atoms with Crippen LogP contribution in [0.1, 0.15) is 16.1 Å². The number of hydrogen-bond donors (Lipinski definition) is 2. The minimum Gasteiger partial charge on any atom is -0.298 e. The number of hydrogen-bond acceptors (Lipinski definition) is 4. The molecule has 0 aliphatic carbocycles. The fourth-order valence-electron chi connectivity index (χ4n) is 2.98. The number of carbonyl (C=O) groups is 1. The predicted molar refractivity (Wildman–Crippen MR) is 124 cm³/mol. The van der Waals surface area contributed by atoms with Gasteiger partial charge in [-0.3, -0.25) is 15.6 Å². The van der Waals surface area contributed by atoms with Crippen LogP contribution < -0.4 is 10.9 Å². The van der Waals surface area contributed by atoms with Crippen LogP contribution in [0.25, 0.3) is 16.3 Å². The van der Waals surface area contributed by atoms with Crippen molar-refractivity contribution in [2.45, 2.75) is 6.92 Å². The minimum atomic E-state index is -0.371. The number of anilines is 1. The molecule has 2 N–H and O–H groups in total. The largest absolute Gasteiger partial charge is 0.298 e. The lowest BCUT2D eigenvalue weighted by molar-refractivity contribution is 0.0956. The van der Waals surface area contributed by atoms with Gasteiger partial charge in [-0.1, -0.05) is 53.0 Å². The Hall–Kier alpha value is -2.51. The molecule has 0 radical (unpaired) electrons. The molecule has 0 bridgehead atoms. The molecule has 1 amide bonds. The highest BCUT2D eigenvalue weighted by atomic mass is 35.5. The molecule has 2 aromatic heterocycles. The van der Waals surface area contributed by atoms with E-state index in [0.717, 1.165) is 16.3 Å². The Bertz CT molecular complexity index is 1220. The number of rotatable bonds is 5. The summed E-state index contributed by atoms with van der Waals surface area (Å²) in [6, 6.07) is 18.1. The maximum absolute atomic E-state index is 12.9. The van der Waals surface area contributed by atoms with E-state index in [0.29, 0.717) is 25.6 Å². The number of thiophene rings is 1. The zero-order chi connectivity index (χ0) is 21.3. The van der Waals surface area contributed by atoms with E-state index in [1.807, 2.05) is 43.3 Å². The van der Waals surface area contributed by atoms with Crippen molar-refractivity contribution in [1.29, 1.82) is 0 Å². The molecule has 2 heterocycles. The Labute approximate surface area is 192 Å². The SMILES string of the molecule is Cc1c(C(=O)NNc2ccccc2)nn(-c2ccc(Cl)cc2Cl)c1-c1ccc(Cl)s1. The topological polar surface area (TPSA) is 59.0 Å². The van der Waals surface area contributed by atoms with Crippen LogP contribution in [-0.2, 0) is 0 Å². The zero-order valence-corrected chi connectivity index (χ0v) is 18.7. The number of nitrogens with one attached hydrogen (secondary N) is 2. The maximum Gasteiger partial charge on any atom is 0.290 e. The Kier molecular flexibility index (Phi) is 6.01. The monoisotopic (exact) mass is 476 g/mol. The van der Waals surface area contributed by atoms with E-state index in [-0.39, 0.29) is 11.6 Å². The van der Waals surface area contributed by atoms with Crippen molar-refractivity contribution >= 4 is 57.7 Å². The van der Waals surface area contributed by atoms with Gasteiger partial charge in [-0.25, -0.2) is 4.68 Å². The number of amides is 1.